The summed E-state index contributed by atoms with van der Waals surface area (Å²) in [4.78, 5) is 9.84. The molecule has 0 fully saturated rings. The molecule has 0 saturated heterocycles. The first-order valence-electron chi connectivity index (χ1n) is 6.62. The van der Waals surface area contributed by atoms with Crippen LogP contribution >= 0.6 is 0 Å². The monoisotopic (exact) mass is 308 g/mol. The third-order valence-electron chi connectivity index (χ3n) is 2.17. The highest BCUT2D eigenvalue weighted by Crippen LogP contribution is 1.98. The second-order valence-electron chi connectivity index (χ2n) is 4.31. The van der Waals surface area contributed by atoms with Gasteiger partial charge in [0.25, 0.3) is 0 Å². The van der Waals surface area contributed by atoms with E-state index in [1.54, 1.807) is 6.92 Å². The Morgan fingerprint density at radius 3 is 2.10 bits per heavy atom. The quantitative estimate of drug-likeness (QED) is 0.438. The van der Waals surface area contributed by atoms with Gasteiger partial charge in [-0.05, 0) is 13.8 Å². The number of rotatable bonds is 10. The number of carbonyl (C=O) groups excluding carboxylic acids is 1. The molecule has 0 bridgehead atoms. The third-order valence-corrected chi connectivity index (χ3v) is 2.17. The van der Waals surface area contributed by atoms with Crippen LogP contribution in [0.5, 0.6) is 0 Å². The van der Waals surface area contributed by atoms with E-state index >= 15 is 0 Å². The van der Waals surface area contributed by atoms with Crippen molar-refractivity contribution in [3.8, 4) is 0 Å². The average Bonchev–Trinajstić information content (AvgIpc) is 2.50. The highest BCUT2D eigenvalue weighted by Gasteiger charge is 2.09. The van der Waals surface area contributed by atoms with Crippen LogP contribution in [0.3, 0.4) is 0 Å². The fraction of sp³-hybridized carbons (Fsp3) is 0.786. The predicted octanol–water partition coefficient (Wildman–Crippen LogP) is 0.142. The minimum Gasteiger partial charge on any atom is -0.466 e. The molecule has 21 heavy (non-hydrogen) atoms. The van der Waals surface area contributed by atoms with Crippen molar-refractivity contribution in [3.63, 3.8) is 0 Å². The SMILES string of the molecule is C=CC(=O)OC.COCC(O)COC(C)COC(C)CO. The minimum absolute atomic E-state index is 0.000973. The molecule has 7 nitrogen and oxygen atoms in total. The molecule has 3 atom stereocenters. The molecule has 0 heterocycles. The summed E-state index contributed by atoms with van der Waals surface area (Å²) in [6.45, 7) is 7.69. The Balaban J connectivity index is 0. The third kappa shape index (κ3) is 17.0. The van der Waals surface area contributed by atoms with E-state index < -0.39 is 12.1 Å². The molecule has 126 valence electrons. The Morgan fingerprint density at radius 2 is 1.71 bits per heavy atom. The van der Waals surface area contributed by atoms with E-state index in [9.17, 15) is 9.90 Å². The molecule has 0 spiro atoms. The van der Waals surface area contributed by atoms with Gasteiger partial charge in [0, 0.05) is 13.2 Å². The van der Waals surface area contributed by atoms with E-state index in [-0.39, 0.29) is 32.0 Å². The van der Waals surface area contributed by atoms with Gasteiger partial charge < -0.3 is 29.2 Å². The van der Waals surface area contributed by atoms with Crippen LogP contribution in [0.25, 0.3) is 0 Å². The molecule has 0 aromatic carbocycles. The first-order chi connectivity index (χ1) is 9.90. The van der Waals surface area contributed by atoms with Gasteiger partial charge in [0.1, 0.15) is 6.10 Å². The van der Waals surface area contributed by atoms with Crippen LogP contribution in [0.15, 0.2) is 12.7 Å². The second-order valence-corrected chi connectivity index (χ2v) is 4.31. The Hall–Kier alpha value is -0.990. The van der Waals surface area contributed by atoms with E-state index in [0.717, 1.165) is 6.08 Å². The fourth-order valence-corrected chi connectivity index (χ4v) is 1.000. The first kappa shape index (κ1) is 22.3. The summed E-state index contributed by atoms with van der Waals surface area (Å²) >= 11 is 0. The van der Waals surface area contributed by atoms with Crippen molar-refractivity contribution < 1.29 is 34.0 Å². The van der Waals surface area contributed by atoms with Gasteiger partial charge in [0.2, 0.25) is 0 Å². The van der Waals surface area contributed by atoms with E-state index in [0.29, 0.717) is 6.61 Å². The van der Waals surface area contributed by atoms with Gasteiger partial charge in [-0.25, -0.2) is 4.79 Å². The Morgan fingerprint density at radius 1 is 1.14 bits per heavy atom. The summed E-state index contributed by atoms with van der Waals surface area (Å²) in [5, 5.41) is 18.0. The molecule has 7 heteroatoms. The molecule has 0 aliphatic heterocycles. The van der Waals surface area contributed by atoms with Crippen LogP contribution in [0.4, 0.5) is 0 Å². The molecule has 0 aromatic rings. The molecule has 0 rings (SSSR count). The van der Waals surface area contributed by atoms with E-state index in [1.165, 1.54) is 14.2 Å². The summed E-state index contributed by atoms with van der Waals surface area (Å²) in [5.74, 6) is -0.394. The molecule has 0 radical (unpaired) electrons. The standard InChI is InChI=1S/C10H22O5.C4H6O2/c1-8(4-11)14-5-9(2)15-7-10(12)6-13-3;1-3-4(5)6-2/h8-12H,4-7H2,1-3H3;3H,1H2,2H3. The van der Waals surface area contributed by atoms with Crippen LogP contribution in [-0.2, 0) is 23.7 Å². The molecular weight excluding hydrogens is 280 g/mol. The number of aliphatic hydroxyl groups excluding tert-OH is 2. The van der Waals surface area contributed by atoms with Crippen LogP contribution in [-0.4, -0.2) is 75.1 Å². The largest absolute Gasteiger partial charge is 0.466 e. The lowest BCUT2D eigenvalue weighted by Crippen LogP contribution is -2.27. The topological polar surface area (TPSA) is 94.5 Å². The van der Waals surface area contributed by atoms with Crippen LogP contribution < -0.4 is 0 Å². The molecule has 0 aliphatic rings. The Kier molecular flexibility index (Phi) is 16.3. The number of methoxy groups -OCH3 is 2. The lowest BCUT2D eigenvalue weighted by atomic mass is 10.4. The van der Waals surface area contributed by atoms with Gasteiger partial charge in [-0.3, -0.25) is 0 Å². The van der Waals surface area contributed by atoms with Crippen molar-refractivity contribution in [3.05, 3.63) is 12.7 Å². The Labute approximate surface area is 126 Å². The van der Waals surface area contributed by atoms with E-state index in [4.69, 9.17) is 19.3 Å². The lowest BCUT2D eigenvalue weighted by Gasteiger charge is -2.18. The summed E-state index contributed by atoms with van der Waals surface area (Å²) in [6, 6.07) is 0. The molecule has 0 aromatic heterocycles. The summed E-state index contributed by atoms with van der Waals surface area (Å²) in [7, 11) is 2.84. The number of esters is 1. The van der Waals surface area contributed by atoms with Gasteiger partial charge in [-0.1, -0.05) is 6.58 Å². The summed E-state index contributed by atoms with van der Waals surface area (Å²) in [6.07, 6.45) is 0.221. The smallest absolute Gasteiger partial charge is 0.329 e. The van der Waals surface area contributed by atoms with Crippen molar-refractivity contribution in [2.75, 3.05) is 40.6 Å². The summed E-state index contributed by atoms with van der Waals surface area (Å²) < 4.78 is 19.5. The zero-order valence-corrected chi connectivity index (χ0v) is 13.3. The van der Waals surface area contributed by atoms with Crippen molar-refractivity contribution in [2.24, 2.45) is 0 Å². The van der Waals surface area contributed by atoms with Crippen molar-refractivity contribution in [1.82, 2.24) is 0 Å². The van der Waals surface area contributed by atoms with Crippen molar-refractivity contribution >= 4 is 5.97 Å². The number of carbonyl (C=O) groups is 1. The number of hydrogen-bond acceptors (Lipinski definition) is 7. The zero-order valence-electron chi connectivity index (χ0n) is 13.3. The molecule has 3 unspecified atom stereocenters. The van der Waals surface area contributed by atoms with Gasteiger partial charge in [-0.15, -0.1) is 0 Å². The minimum atomic E-state index is -0.604. The van der Waals surface area contributed by atoms with Gasteiger partial charge in [0.15, 0.2) is 0 Å². The van der Waals surface area contributed by atoms with Crippen LogP contribution in [0, 0.1) is 0 Å². The molecule has 2 N–H and O–H groups in total. The molecule has 0 amide bonds. The maximum atomic E-state index is 9.84. The Bertz CT molecular complexity index is 258. The second kappa shape index (κ2) is 15.4. The van der Waals surface area contributed by atoms with Gasteiger partial charge in [-0.2, -0.15) is 0 Å². The van der Waals surface area contributed by atoms with Crippen LogP contribution in [0.1, 0.15) is 13.8 Å². The fourth-order valence-electron chi connectivity index (χ4n) is 1.000. The van der Waals surface area contributed by atoms with Crippen molar-refractivity contribution in [1.29, 1.82) is 0 Å². The summed E-state index contributed by atoms with van der Waals surface area (Å²) in [5.41, 5.74) is 0. The number of aliphatic hydroxyl groups is 2. The normalized spacial score (nSPS) is 14.4. The van der Waals surface area contributed by atoms with E-state index in [1.807, 2.05) is 6.92 Å². The lowest BCUT2D eigenvalue weighted by molar-refractivity contribution is -0.134. The van der Waals surface area contributed by atoms with Crippen LogP contribution in [0.2, 0.25) is 0 Å². The predicted molar refractivity (Wildman–Crippen MR) is 78.0 cm³/mol. The van der Waals surface area contributed by atoms with Gasteiger partial charge >= 0.3 is 5.97 Å². The number of ether oxygens (including phenoxy) is 4. The number of hydrogen-bond donors (Lipinski definition) is 2. The molecule has 0 saturated carbocycles. The van der Waals surface area contributed by atoms with E-state index in [2.05, 4.69) is 11.3 Å². The highest BCUT2D eigenvalue weighted by molar-refractivity contribution is 5.80. The highest BCUT2D eigenvalue weighted by atomic mass is 16.5. The maximum Gasteiger partial charge on any atom is 0.329 e. The zero-order chi connectivity index (χ0) is 16.7. The average molecular weight is 308 g/mol. The van der Waals surface area contributed by atoms with Gasteiger partial charge in [0.05, 0.1) is 45.7 Å². The molecular formula is C14H28O7. The first-order valence-corrected chi connectivity index (χ1v) is 6.62. The maximum absolute atomic E-state index is 9.84. The molecule has 0 aliphatic carbocycles. The van der Waals surface area contributed by atoms with Crippen molar-refractivity contribution in [2.45, 2.75) is 32.2 Å².